The van der Waals surface area contributed by atoms with E-state index in [0.717, 1.165) is 19.8 Å². The molecule has 1 heterocycles. The lowest BCUT2D eigenvalue weighted by Gasteiger charge is -2.42. The first kappa shape index (κ1) is 16.3. The normalized spacial score (nSPS) is 27.9. The van der Waals surface area contributed by atoms with Crippen molar-refractivity contribution in [3.8, 4) is 0 Å². The van der Waals surface area contributed by atoms with E-state index >= 15 is 0 Å². The third-order valence-electron chi connectivity index (χ3n) is 5.02. The van der Waals surface area contributed by atoms with Gasteiger partial charge in [-0.25, -0.2) is 0 Å². The third kappa shape index (κ3) is 4.44. The molecule has 1 unspecified atom stereocenters. The molecule has 0 aromatic heterocycles. The number of hydrogen-bond donors (Lipinski definition) is 1. The Labute approximate surface area is 125 Å². The minimum atomic E-state index is 0.227. The van der Waals surface area contributed by atoms with Crippen molar-refractivity contribution in [3.63, 3.8) is 0 Å². The Morgan fingerprint density at radius 1 is 1.25 bits per heavy atom. The Morgan fingerprint density at radius 3 is 2.55 bits per heavy atom. The lowest BCUT2D eigenvalue weighted by molar-refractivity contribution is -0.0281. The second kappa shape index (κ2) is 6.76. The molecule has 0 spiro atoms. The van der Waals surface area contributed by atoms with Crippen LogP contribution in [0.3, 0.4) is 0 Å². The molecule has 2 rings (SSSR count). The fraction of sp³-hybridized carbons (Fsp3) is 1.00. The highest BCUT2D eigenvalue weighted by Crippen LogP contribution is 2.39. The molecule has 2 aliphatic rings. The summed E-state index contributed by atoms with van der Waals surface area (Å²) in [6.45, 7) is 14.5. The van der Waals surface area contributed by atoms with Gasteiger partial charge in [0.05, 0.1) is 13.2 Å². The van der Waals surface area contributed by atoms with E-state index in [1.165, 1.54) is 45.2 Å². The van der Waals surface area contributed by atoms with Gasteiger partial charge in [-0.2, -0.15) is 0 Å². The van der Waals surface area contributed by atoms with E-state index in [4.69, 9.17) is 4.74 Å². The maximum atomic E-state index is 5.66. The van der Waals surface area contributed by atoms with Crippen molar-refractivity contribution in [1.29, 1.82) is 0 Å². The number of ether oxygens (including phenoxy) is 1. The van der Waals surface area contributed by atoms with E-state index in [-0.39, 0.29) is 5.54 Å². The summed E-state index contributed by atoms with van der Waals surface area (Å²) in [6.07, 6.45) is 6.82. The number of hydrogen-bond acceptors (Lipinski definition) is 3. The Bertz CT molecular complexity index is 292. The molecule has 1 saturated heterocycles. The number of nitrogens with zero attached hydrogens (tertiary/aromatic N) is 1. The van der Waals surface area contributed by atoms with Crippen LogP contribution in [0.5, 0.6) is 0 Å². The minimum Gasteiger partial charge on any atom is -0.378 e. The molecule has 1 aliphatic carbocycles. The second-order valence-electron chi connectivity index (χ2n) is 7.92. The Morgan fingerprint density at radius 2 is 1.95 bits per heavy atom. The molecule has 3 heteroatoms. The smallest absolute Gasteiger partial charge is 0.0622 e. The van der Waals surface area contributed by atoms with E-state index in [1.807, 2.05) is 0 Å². The molecule has 1 N–H and O–H groups in total. The first-order valence-electron chi connectivity index (χ1n) is 8.51. The average molecular weight is 282 g/mol. The summed E-state index contributed by atoms with van der Waals surface area (Å²) in [7, 11) is 0. The molecule has 1 aliphatic heterocycles. The molecular weight excluding hydrogens is 248 g/mol. The standard InChI is InChI=1S/C17H34N2O/c1-5-15-12-20-11-10-19(15)14-17(8-6-7-9-17)13-18-16(2,3)4/h15,18H,5-14H2,1-4H3. The maximum absolute atomic E-state index is 5.66. The largest absolute Gasteiger partial charge is 0.378 e. The van der Waals surface area contributed by atoms with E-state index in [0.29, 0.717) is 11.5 Å². The Kier molecular flexibility index (Phi) is 5.49. The summed E-state index contributed by atoms with van der Waals surface area (Å²) >= 11 is 0. The van der Waals surface area contributed by atoms with Gasteiger partial charge >= 0.3 is 0 Å². The van der Waals surface area contributed by atoms with Crippen molar-refractivity contribution in [2.24, 2.45) is 5.41 Å². The van der Waals surface area contributed by atoms with Gasteiger partial charge in [-0.1, -0.05) is 19.8 Å². The van der Waals surface area contributed by atoms with Crippen molar-refractivity contribution in [2.75, 3.05) is 32.8 Å². The zero-order valence-corrected chi connectivity index (χ0v) is 14.0. The summed E-state index contributed by atoms with van der Waals surface area (Å²) in [5.41, 5.74) is 0.725. The molecule has 0 bridgehead atoms. The van der Waals surface area contributed by atoms with Crippen LogP contribution >= 0.6 is 0 Å². The molecule has 0 aromatic rings. The third-order valence-corrected chi connectivity index (χ3v) is 5.02. The quantitative estimate of drug-likeness (QED) is 0.839. The maximum Gasteiger partial charge on any atom is 0.0622 e. The molecule has 0 radical (unpaired) electrons. The van der Waals surface area contributed by atoms with Crippen LogP contribution in [0.15, 0.2) is 0 Å². The van der Waals surface area contributed by atoms with Gasteiger partial charge in [0.15, 0.2) is 0 Å². The van der Waals surface area contributed by atoms with Crippen molar-refractivity contribution < 1.29 is 4.74 Å². The number of morpholine rings is 1. The molecular formula is C17H34N2O. The molecule has 1 saturated carbocycles. The van der Waals surface area contributed by atoms with Crippen LogP contribution in [0.25, 0.3) is 0 Å². The monoisotopic (exact) mass is 282 g/mol. The highest BCUT2D eigenvalue weighted by Gasteiger charge is 2.38. The van der Waals surface area contributed by atoms with Crippen LogP contribution in [-0.4, -0.2) is 49.3 Å². The number of rotatable bonds is 5. The zero-order chi connectivity index (χ0) is 14.6. The van der Waals surface area contributed by atoms with Gasteiger partial charge in [0, 0.05) is 31.2 Å². The zero-order valence-electron chi connectivity index (χ0n) is 14.0. The average Bonchev–Trinajstić information content (AvgIpc) is 2.86. The van der Waals surface area contributed by atoms with Gasteiger partial charge < -0.3 is 10.1 Å². The first-order chi connectivity index (χ1) is 9.44. The summed E-state index contributed by atoms with van der Waals surface area (Å²) in [5, 5.41) is 3.77. The fourth-order valence-electron chi connectivity index (χ4n) is 3.67. The molecule has 3 nitrogen and oxygen atoms in total. The summed E-state index contributed by atoms with van der Waals surface area (Å²) in [4.78, 5) is 2.71. The fourth-order valence-corrected chi connectivity index (χ4v) is 3.67. The van der Waals surface area contributed by atoms with E-state index in [2.05, 4.69) is 37.9 Å². The van der Waals surface area contributed by atoms with Gasteiger partial charge in [0.25, 0.3) is 0 Å². The lowest BCUT2D eigenvalue weighted by atomic mass is 9.84. The van der Waals surface area contributed by atoms with Crippen molar-refractivity contribution in [1.82, 2.24) is 10.2 Å². The lowest BCUT2D eigenvalue weighted by Crippen LogP contribution is -2.53. The Balaban J connectivity index is 1.97. The van der Waals surface area contributed by atoms with Crippen LogP contribution in [0.2, 0.25) is 0 Å². The molecule has 0 aromatic carbocycles. The molecule has 1 atom stereocenters. The summed E-state index contributed by atoms with van der Waals surface area (Å²) in [6, 6.07) is 0.635. The van der Waals surface area contributed by atoms with Gasteiger partial charge in [0.2, 0.25) is 0 Å². The van der Waals surface area contributed by atoms with Crippen molar-refractivity contribution in [2.45, 2.75) is 71.4 Å². The molecule has 20 heavy (non-hydrogen) atoms. The van der Waals surface area contributed by atoms with Crippen LogP contribution in [-0.2, 0) is 4.74 Å². The molecule has 2 fully saturated rings. The van der Waals surface area contributed by atoms with E-state index in [9.17, 15) is 0 Å². The molecule has 118 valence electrons. The van der Waals surface area contributed by atoms with Gasteiger partial charge in [-0.3, -0.25) is 4.90 Å². The van der Waals surface area contributed by atoms with E-state index < -0.39 is 0 Å². The predicted octanol–water partition coefficient (Wildman–Crippen LogP) is 3.05. The SMILES string of the molecule is CCC1COCCN1CC1(CNC(C)(C)C)CCCC1. The van der Waals surface area contributed by atoms with Gasteiger partial charge in [-0.15, -0.1) is 0 Å². The van der Waals surface area contributed by atoms with Crippen LogP contribution in [0, 0.1) is 5.41 Å². The second-order valence-corrected chi connectivity index (χ2v) is 7.92. The van der Waals surface area contributed by atoms with Gasteiger partial charge in [-0.05, 0) is 45.4 Å². The van der Waals surface area contributed by atoms with Crippen LogP contribution < -0.4 is 5.32 Å². The van der Waals surface area contributed by atoms with Gasteiger partial charge in [0.1, 0.15) is 0 Å². The highest BCUT2D eigenvalue weighted by atomic mass is 16.5. The number of nitrogens with one attached hydrogen (secondary N) is 1. The van der Waals surface area contributed by atoms with E-state index in [1.54, 1.807) is 0 Å². The predicted molar refractivity (Wildman–Crippen MR) is 85.1 cm³/mol. The van der Waals surface area contributed by atoms with Crippen molar-refractivity contribution >= 4 is 0 Å². The van der Waals surface area contributed by atoms with Crippen LogP contribution in [0.4, 0.5) is 0 Å². The Hall–Kier alpha value is -0.120. The topological polar surface area (TPSA) is 24.5 Å². The van der Waals surface area contributed by atoms with Crippen LogP contribution in [0.1, 0.15) is 59.8 Å². The first-order valence-corrected chi connectivity index (χ1v) is 8.51. The molecule has 0 amide bonds. The summed E-state index contributed by atoms with van der Waals surface area (Å²) < 4.78 is 5.66. The highest BCUT2D eigenvalue weighted by molar-refractivity contribution is 4.93. The van der Waals surface area contributed by atoms with Crippen molar-refractivity contribution in [3.05, 3.63) is 0 Å². The minimum absolute atomic E-state index is 0.227. The summed E-state index contributed by atoms with van der Waals surface area (Å²) in [5.74, 6) is 0.